The van der Waals surface area contributed by atoms with Crippen LogP contribution in [-0.2, 0) is 25.9 Å². The summed E-state index contributed by atoms with van der Waals surface area (Å²) in [5, 5.41) is 8.42. The summed E-state index contributed by atoms with van der Waals surface area (Å²) >= 11 is 3.52. The zero-order valence-corrected chi connectivity index (χ0v) is 19.8. The zero-order chi connectivity index (χ0) is 21.3. The van der Waals surface area contributed by atoms with Crippen molar-refractivity contribution in [2.75, 3.05) is 18.4 Å². The van der Waals surface area contributed by atoms with Gasteiger partial charge >= 0.3 is 6.03 Å². The van der Waals surface area contributed by atoms with Crippen molar-refractivity contribution in [1.29, 1.82) is 0 Å². The number of carbonyl (C=O) groups is 1. The van der Waals surface area contributed by atoms with E-state index < -0.39 is 0 Å². The molecule has 3 aromatic heterocycles. The Morgan fingerprint density at radius 2 is 1.90 bits per heavy atom. The van der Waals surface area contributed by atoms with E-state index in [0.29, 0.717) is 6.54 Å². The molecule has 0 aromatic carbocycles. The second-order valence-corrected chi connectivity index (χ2v) is 10.1. The molecule has 0 radical (unpaired) electrons. The van der Waals surface area contributed by atoms with Gasteiger partial charge in [-0.25, -0.2) is 4.79 Å². The number of rotatable bonds is 6. The molecule has 0 saturated carbocycles. The number of thiophene rings is 2. The minimum Gasteiger partial charge on any atom is -0.334 e. The van der Waals surface area contributed by atoms with E-state index in [1.807, 2.05) is 11.3 Å². The van der Waals surface area contributed by atoms with Gasteiger partial charge in [-0.05, 0) is 62.1 Å². The fourth-order valence-electron chi connectivity index (χ4n) is 4.15. The van der Waals surface area contributed by atoms with Crippen molar-refractivity contribution >= 4 is 33.7 Å². The van der Waals surface area contributed by atoms with E-state index in [1.165, 1.54) is 37.0 Å². The minimum atomic E-state index is -0.129. The average Bonchev–Trinajstić information content (AvgIpc) is 3.44. The summed E-state index contributed by atoms with van der Waals surface area (Å²) in [6, 6.07) is 3.97. The Morgan fingerprint density at radius 1 is 1.13 bits per heavy atom. The first-order valence-electron chi connectivity index (χ1n) is 10.6. The van der Waals surface area contributed by atoms with Crippen LogP contribution in [-0.4, -0.2) is 28.6 Å². The molecule has 1 aliphatic heterocycles. The number of aromatic nitrogens is 1. The molecule has 160 valence electrons. The van der Waals surface area contributed by atoms with E-state index in [-0.39, 0.29) is 6.03 Å². The van der Waals surface area contributed by atoms with Crippen molar-refractivity contribution in [3.05, 3.63) is 56.5 Å². The summed E-state index contributed by atoms with van der Waals surface area (Å²) in [5.41, 5.74) is 5.21. The average molecular weight is 443 g/mol. The third-order valence-corrected chi connectivity index (χ3v) is 8.46. The van der Waals surface area contributed by atoms with Crippen LogP contribution in [0.3, 0.4) is 0 Å². The monoisotopic (exact) mass is 442 g/mol. The molecule has 7 heteroatoms. The number of carbonyl (C=O) groups excluding carboxylic acids is 1. The van der Waals surface area contributed by atoms with Crippen molar-refractivity contribution in [2.45, 2.75) is 53.6 Å². The lowest BCUT2D eigenvalue weighted by molar-refractivity contribution is 0.251. The molecular formula is C23H30N4OS2. The van der Waals surface area contributed by atoms with Crippen molar-refractivity contribution < 1.29 is 4.79 Å². The van der Waals surface area contributed by atoms with Crippen LogP contribution in [0.1, 0.15) is 45.9 Å². The van der Waals surface area contributed by atoms with Gasteiger partial charge in [0.05, 0.1) is 0 Å². The highest BCUT2D eigenvalue weighted by Crippen LogP contribution is 2.36. The van der Waals surface area contributed by atoms with Crippen LogP contribution in [0.5, 0.6) is 0 Å². The maximum atomic E-state index is 12.7. The summed E-state index contributed by atoms with van der Waals surface area (Å²) in [4.78, 5) is 17.9. The van der Waals surface area contributed by atoms with Crippen LogP contribution in [0.2, 0.25) is 0 Å². The number of anilines is 1. The molecule has 30 heavy (non-hydrogen) atoms. The highest BCUT2D eigenvalue weighted by Gasteiger charge is 2.24. The third-order valence-electron chi connectivity index (χ3n) is 6.03. The molecule has 3 aromatic rings. The SMILES string of the molecule is CCc1c(NC(=O)NCc2c(-n3cccc3)sc3c2CCN(CC)C3)sc(C)c1C. The Balaban J connectivity index is 1.54. The van der Waals surface area contributed by atoms with Gasteiger partial charge < -0.3 is 9.88 Å². The fourth-order valence-corrected chi connectivity index (χ4v) is 6.68. The van der Waals surface area contributed by atoms with E-state index in [9.17, 15) is 4.79 Å². The second kappa shape index (κ2) is 8.96. The summed E-state index contributed by atoms with van der Waals surface area (Å²) < 4.78 is 2.18. The van der Waals surface area contributed by atoms with Gasteiger partial charge in [0.1, 0.15) is 10.0 Å². The number of aryl methyl sites for hydroxylation is 1. The number of hydrogen-bond acceptors (Lipinski definition) is 4. The smallest absolute Gasteiger partial charge is 0.320 e. The predicted molar refractivity (Wildman–Crippen MR) is 127 cm³/mol. The summed E-state index contributed by atoms with van der Waals surface area (Å²) in [7, 11) is 0. The number of likely N-dealkylation sites (N-methyl/N-ethyl adjacent to an activating group) is 1. The van der Waals surface area contributed by atoms with Gasteiger partial charge in [-0.1, -0.05) is 13.8 Å². The topological polar surface area (TPSA) is 49.3 Å². The van der Waals surface area contributed by atoms with Crippen LogP contribution in [0.15, 0.2) is 24.5 Å². The molecule has 2 amide bonds. The van der Waals surface area contributed by atoms with Crippen LogP contribution in [0.25, 0.3) is 5.00 Å². The lowest BCUT2D eigenvalue weighted by Crippen LogP contribution is -2.31. The molecule has 0 saturated heterocycles. The number of hydrogen-bond donors (Lipinski definition) is 2. The molecule has 4 rings (SSSR count). The fraction of sp³-hybridized carbons (Fsp3) is 0.435. The maximum Gasteiger partial charge on any atom is 0.320 e. The van der Waals surface area contributed by atoms with Crippen LogP contribution in [0.4, 0.5) is 9.80 Å². The van der Waals surface area contributed by atoms with Crippen LogP contribution in [0, 0.1) is 13.8 Å². The first-order valence-corrected chi connectivity index (χ1v) is 12.3. The Hall–Kier alpha value is -2.09. The van der Waals surface area contributed by atoms with Gasteiger partial charge in [0.2, 0.25) is 0 Å². The Morgan fingerprint density at radius 3 is 2.60 bits per heavy atom. The van der Waals surface area contributed by atoms with E-state index in [1.54, 1.807) is 11.3 Å². The van der Waals surface area contributed by atoms with Gasteiger partial charge in [-0.3, -0.25) is 10.2 Å². The molecule has 1 aliphatic rings. The van der Waals surface area contributed by atoms with Crippen molar-refractivity contribution in [3.63, 3.8) is 0 Å². The lowest BCUT2D eigenvalue weighted by atomic mass is 10.0. The Bertz CT molecular complexity index is 1030. The van der Waals surface area contributed by atoms with Gasteiger partial charge in [-0.15, -0.1) is 22.7 Å². The van der Waals surface area contributed by atoms with E-state index in [4.69, 9.17) is 0 Å². The normalized spacial score (nSPS) is 14.0. The Kier molecular flexibility index (Phi) is 6.32. The number of urea groups is 1. The van der Waals surface area contributed by atoms with Gasteiger partial charge in [0, 0.05) is 47.3 Å². The van der Waals surface area contributed by atoms with E-state index >= 15 is 0 Å². The summed E-state index contributed by atoms with van der Waals surface area (Å²) in [5.74, 6) is 0. The molecule has 0 spiro atoms. The quantitative estimate of drug-likeness (QED) is 0.531. The molecule has 0 unspecified atom stereocenters. The largest absolute Gasteiger partial charge is 0.334 e. The number of nitrogens with zero attached hydrogens (tertiary/aromatic N) is 2. The molecule has 0 aliphatic carbocycles. The van der Waals surface area contributed by atoms with Crippen LogP contribution >= 0.6 is 22.7 Å². The predicted octanol–water partition coefficient (Wildman–Crippen LogP) is 5.48. The number of nitrogens with one attached hydrogen (secondary N) is 2. The molecule has 0 atom stereocenters. The minimum absolute atomic E-state index is 0.129. The van der Waals surface area contributed by atoms with E-state index in [0.717, 1.165) is 37.5 Å². The molecule has 0 bridgehead atoms. The Labute approximate surface area is 186 Å². The van der Waals surface area contributed by atoms with Gasteiger partial charge in [0.25, 0.3) is 0 Å². The second-order valence-electron chi connectivity index (χ2n) is 7.75. The van der Waals surface area contributed by atoms with Crippen molar-refractivity contribution in [3.8, 4) is 5.00 Å². The van der Waals surface area contributed by atoms with Gasteiger partial charge in [-0.2, -0.15) is 0 Å². The van der Waals surface area contributed by atoms with E-state index in [2.05, 4.69) is 72.3 Å². The van der Waals surface area contributed by atoms with Crippen molar-refractivity contribution in [1.82, 2.24) is 14.8 Å². The molecule has 2 N–H and O–H groups in total. The molecular weight excluding hydrogens is 412 g/mol. The summed E-state index contributed by atoms with van der Waals surface area (Å²) in [6.07, 6.45) is 6.14. The molecule has 0 fully saturated rings. The molecule has 5 nitrogen and oxygen atoms in total. The van der Waals surface area contributed by atoms with Gasteiger partial charge in [0.15, 0.2) is 0 Å². The number of fused-ring (bicyclic) bond motifs is 1. The highest BCUT2D eigenvalue weighted by molar-refractivity contribution is 7.16. The van der Waals surface area contributed by atoms with Crippen molar-refractivity contribution in [2.24, 2.45) is 0 Å². The molecule has 4 heterocycles. The first-order chi connectivity index (χ1) is 14.5. The highest BCUT2D eigenvalue weighted by atomic mass is 32.1. The number of amides is 2. The lowest BCUT2D eigenvalue weighted by Gasteiger charge is -2.25. The zero-order valence-electron chi connectivity index (χ0n) is 18.2. The summed E-state index contributed by atoms with van der Waals surface area (Å²) in [6.45, 7) is 12.3. The van der Waals surface area contributed by atoms with Crippen LogP contribution < -0.4 is 10.6 Å². The maximum absolute atomic E-state index is 12.7. The standard InChI is InChI=1S/C23H30N4OS2/c1-5-17-15(3)16(4)29-21(17)25-23(28)24-13-19-18-9-12-26(6-2)14-20(18)30-22(19)27-10-7-8-11-27/h7-8,10-11H,5-6,9,12-14H2,1-4H3,(H2,24,25,28). The third kappa shape index (κ3) is 4.06. The first kappa shape index (κ1) is 21.2.